The number of esters is 1. The first kappa shape index (κ1) is 12.8. The summed E-state index contributed by atoms with van der Waals surface area (Å²) in [5, 5.41) is 0. The summed E-state index contributed by atoms with van der Waals surface area (Å²) in [6.07, 6.45) is 6.47. The van der Waals surface area contributed by atoms with Crippen molar-refractivity contribution in [2.45, 2.75) is 31.5 Å². The third-order valence-electron chi connectivity index (χ3n) is 3.11. The summed E-state index contributed by atoms with van der Waals surface area (Å²) in [7, 11) is 1.38. The molecule has 1 saturated heterocycles. The van der Waals surface area contributed by atoms with Crippen LogP contribution in [-0.4, -0.2) is 19.2 Å². The zero-order valence-corrected chi connectivity index (χ0v) is 10.5. The van der Waals surface area contributed by atoms with Crippen molar-refractivity contribution >= 4 is 5.97 Å². The largest absolute Gasteiger partial charge is 0.466 e. The van der Waals surface area contributed by atoms with Gasteiger partial charge in [-0.3, -0.25) is 0 Å². The van der Waals surface area contributed by atoms with Crippen LogP contribution in [0.2, 0.25) is 0 Å². The maximum absolute atomic E-state index is 11.0. The van der Waals surface area contributed by atoms with E-state index in [0.29, 0.717) is 0 Å². The van der Waals surface area contributed by atoms with Crippen LogP contribution in [0.3, 0.4) is 0 Å². The third kappa shape index (κ3) is 3.44. The lowest BCUT2D eigenvalue weighted by molar-refractivity contribution is -0.135. The first-order chi connectivity index (χ1) is 8.79. The Morgan fingerprint density at radius 1 is 1.33 bits per heavy atom. The Labute approximate surface area is 107 Å². The van der Waals surface area contributed by atoms with Gasteiger partial charge in [-0.1, -0.05) is 30.3 Å². The molecule has 0 N–H and O–H groups in total. The predicted octanol–water partition coefficient (Wildman–Crippen LogP) is 3.03. The van der Waals surface area contributed by atoms with Crippen LogP contribution >= 0.6 is 0 Å². The summed E-state index contributed by atoms with van der Waals surface area (Å²) < 4.78 is 10.5. The smallest absolute Gasteiger partial charge is 0.330 e. The number of carbonyl (C=O) groups excluding carboxylic acids is 1. The first-order valence-corrected chi connectivity index (χ1v) is 6.26. The standard InChI is InChI=1S/C15H18O3/c1-17-15(16)11-10-13-8-5-9-14(18-13)12-6-3-2-4-7-12/h2-4,6-7,10-11,13-14H,5,8-9H2,1H3/b11-10+/t13-,14+/m0/s1. The van der Waals surface area contributed by atoms with Gasteiger partial charge in [-0.15, -0.1) is 0 Å². The van der Waals surface area contributed by atoms with Crippen molar-refractivity contribution in [3.05, 3.63) is 48.0 Å². The van der Waals surface area contributed by atoms with Crippen molar-refractivity contribution in [3.63, 3.8) is 0 Å². The normalized spacial score (nSPS) is 24.1. The number of rotatable bonds is 3. The lowest BCUT2D eigenvalue weighted by atomic mass is 9.98. The lowest BCUT2D eigenvalue weighted by Crippen LogP contribution is -2.20. The molecule has 1 heterocycles. The summed E-state index contributed by atoms with van der Waals surface area (Å²) >= 11 is 0. The van der Waals surface area contributed by atoms with E-state index in [0.717, 1.165) is 19.3 Å². The molecule has 0 saturated carbocycles. The van der Waals surface area contributed by atoms with Gasteiger partial charge in [-0.2, -0.15) is 0 Å². The molecule has 3 heteroatoms. The number of benzene rings is 1. The molecular weight excluding hydrogens is 228 g/mol. The molecule has 2 rings (SSSR count). The Balaban J connectivity index is 1.97. The molecule has 96 valence electrons. The zero-order chi connectivity index (χ0) is 12.8. The predicted molar refractivity (Wildman–Crippen MR) is 69.1 cm³/mol. The van der Waals surface area contributed by atoms with Crippen molar-refractivity contribution in [2.24, 2.45) is 0 Å². The molecule has 0 radical (unpaired) electrons. The molecule has 0 unspecified atom stereocenters. The molecule has 0 aromatic heterocycles. The highest BCUT2D eigenvalue weighted by atomic mass is 16.5. The molecule has 1 aliphatic rings. The highest BCUT2D eigenvalue weighted by Crippen LogP contribution is 2.31. The maximum Gasteiger partial charge on any atom is 0.330 e. The van der Waals surface area contributed by atoms with E-state index in [9.17, 15) is 4.79 Å². The Hall–Kier alpha value is -1.61. The summed E-state index contributed by atoms with van der Waals surface area (Å²) in [5.41, 5.74) is 1.20. The fraction of sp³-hybridized carbons (Fsp3) is 0.400. The number of methoxy groups -OCH3 is 1. The minimum atomic E-state index is -0.333. The fourth-order valence-electron chi connectivity index (χ4n) is 2.16. The van der Waals surface area contributed by atoms with Crippen molar-refractivity contribution in [1.29, 1.82) is 0 Å². The van der Waals surface area contributed by atoms with Crippen LogP contribution < -0.4 is 0 Å². The Bertz CT molecular complexity index is 411. The quantitative estimate of drug-likeness (QED) is 0.607. The molecule has 0 amide bonds. The second-order valence-corrected chi connectivity index (χ2v) is 4.39. The molecule has 0 spiro atoms. The summed E-state index contributed by atoms with van der Waals surface area (Å²) in [6, 6.07) is 10.2. The van der Waals surface area contributed by atoms with Crippen molar-refractivity contribution in [3.8, 4) is 0 Å². The van der Waals surface area contributed by atoms with Crippen LogP contribution in [0, 0.1) is 0 Å². The minimum absolute atomic E-state index is 0.00283. The van der Waals surface area contributed by atoms with Gasteiger partial charge in [-0.25, -0.2) is 4.79 Å². The molecule has 1 fully saturated rings. The molecule has 1 aliphatic heterocycles. The van der Waals surface area contributed by atoms with E-state index in [1.807, 2.05) is 18.2 Å². The second kappa shape index (κ2) is 6.36. The number of hydrogen-bond acceptors (Lipinski definition) is 3. The van der Waals surface area contributed by atoms with Crippen LogP contribution in [0.1, 0.15) is 30.9 Å². The van der Waals surface area contributed by atoms with Gasteiger partial charge in [-0.05, 0) is 30.9 Å². The highest BCUT2D eigenvalue weighted by molar-refractivity contribution is 5.81. The van der Waals surface area contributed by atoms with E-state index in [2.05, 4.69) is 16.9 Å². The average molecular weight is 246 g/mol. The molecule has 1 aromatic rings. The number of carbonyl (C=O) groups is 1. The Morgan fingerprint density at radius 3 is 2.83 bits per heavy atom. The molecule has 1 aromatic carbocycles. The zero-order valence-electron chi connectivity index (χ0n) is 10.5. The molecule has 2 atom stereocenters. The van der Waals surface area contributed by atoms with Gasteiger partial charge in [0.15, 0.2) is 0 Å². The van der Waals surface area contributed by atoms with Gasteiger partial charge in [0.1, 0.15) is 0 Å². The Kier molecular flexibility index (Phi) is 4.53. The molecule has 3 nitrogen and oxygen atoms in total. The fourth-order valence-corrected chi connectivity index (χ4v) is 2.16. The van der Waals surface area contributed by atoms with Gasteiger partial charge in [0.2, 0.25) is 0 Å². The molecule has 0 aliphatic carbocycles. The number of hydrogen-bond donors (Lipinski definition) is 0. The SMILES string of the molecule is COC(=O)/C=C/[C@@H]1CCC[C@H](c2ccccc2)O1. The van der Waals surface area contributed by atoms with Gasteiger partial charge in [0.05, 0.1) is 19.3 Å². The van der Waals surface area contributed by atoms with E-state index in [1.165, 1.54) is 18.7 Å². The van der Waals surface area contributed by atoms with Gasteiger partial charge in [0, 0.05) is 6.08 Å². The third-order valence-corrected chi connectivity index (χ3v) is 3.11. The van der Waals surface area contributed by atoms with Crippen LogP contribution in [-0.2, 0) is 14.3 Å². The van der Waals surface area contributed by atoms with E-state index in [1.54, 1.807) is 6.08 Å². The van der Waals surface area contributed by atoms with Crippen molar-refractivity contribution in [2.75, 3.05) is 7.11 Å². The van der Waals surface area contributed by atoms with Crippen LogP contribution in [0.5, 0.6) is 0 Å². The lowest BCUT2D eigenvalue weighted by Gasteiger charge is -2.28. The monoisotopic (exact) mass is 246 g/mol. The van der Waals surface area contributed by atoms with Gasteiger partial charge >= 0.3 is 5.97 Å². The van der Waals surface area contributed by atoms with E-state index < -0.39 is 0 Å². The van der Waals surface area contributed by atoms with E-state index >= 15 is 0 Å². The second-order valence-electron chi connectivity index (χ2n) is 4.39. The summed E-state index contributed by atoms with van der Waals surface area (Å²) in [6.45, 7) is 0. The van der Waals surface area contributed by atoms with Crippen LogP contribution in [0.4, 0.5) is 0 Å². The number of ether oxygens (including phenoxy) is 2. The summed E-state index contributed by atoms with van der Waals surface area (Å²) in [5.74, 6) is -0.333. The first-order valence-electron chi connectivity index (χ1n) is 6.26. The van der Waals surface area contributed by atoms with Crippen molar-refractivity contribution < 1.29 is 14.3 Å². The maximum atomic E-state index is 11.0. The van der Waals surface area contributed by atoms with Crippen LogP contribution in [0.25, 0.3) is 0 Å². The van der Waals surface area contributed by atoms with Gasteiger partial charge < -0.3 is 9.47 Å². The topological polar surface area (TPSA) is 35.5 Å². The van der Waals surface area contributed by atoms with Crippen LogP contribution in [0.15, 0.2) is 42.5 Å². The molecule has 0 bridgehead atoms. The van der Waals surface area contributed by atoms with E-state index in [-0.39, 0.29) is 18.2 Å². The van der Waals surface area contributed by atoms with Crippen molar-refractivity contribution in [1.82, 2.24) is 0 Å². The molecule has 18 heavy (non-hydrogen) atoms. The minimum Gasteiger partial charge on any atom is -0.466 e. The molecular formula is C15H18O3. The summed E-state index contributed by atoms with van der Waals surface area (Å²) in [4.78, 5) is 11.0. The van der Waals surface area contributed by atoms with E-state index in [4.69, 9.17) is 4.74 Å². The highest BCUT2D eigenvalue weighted by Gasteiger charge is 2.21. The van der Waals surface area contributed by atoms with Gasteiger partial charge in [0.25, 0.3) is 0 Å². The Morgan fingerprint density at radius 2 is 2.11 bits per heavy atom. The average Bonchev–Trinajstić information content (AvgIpc) is 2.46.